The number of aryl methyl sites for hydroxylation is 1. The number of thiazole rings is 1. The van der Waals surface area contributed by atoms with Crippen LogP contribution in [0.4, 0.5) is 0 Å². The minimum atomic E-state index is -0.158. The predicted octanol–water partition coefficient (Wildman–Crippen LogP) is 3.54. The first-order valence-electron chi connectivity index (χ1n) is 6.01. The molecule has 19 heavy (non-hydrogen) atoms. The summed E-state index contributed by atoms with van der Waals surface area (Å²) in [5.41, 5.74) is 2.75. The quantitative estimate of drug-likeness (QED) is 0.694. The highest BCUT2D eigenvalue weighted by Gasteiger charge is 2.16. The summed E-state index contributed by atoms with van der Waals surface area (Å²) < 4.78 is 2.04. The van der Waals surface area contributed by atoms with Gasteiger partial charge in [0.1, 0.15) is 11.3 Å². The summed E-state index contributed by atoms with van der Waals surface area (Å²) in [6.45, 7) is 4.58. The lowest BCUT2D eigenvalue weighted by Crippen LogP contribution is -2.06. The zero-order valence-electron chi connectivity index (χ0n) is 10.7. The van der Waals surface area contributed by atoms with Crippen molar-refractivity contribution in [2.75, 3.05) is 0 Å². The average molecular weight is 293 g/mol. The number of pyridine rings is 1. The summed E-state index contributed by atoms with van der Waals surface area (Å²) in [6.07, 6.45) is 1.77. The molecule has 0 fully saturated rings. The van der Waals surface area contributed by atoms with Crippen molar-refractivity contribution >= 4 is 34.1 Å². The van der Waals surface area contributed by atoms with Gasteiger partial charge in [0.2, 0.25) is 0 Å². The Morgan fingerprint density at radius 3 is 2.95 bits per heavy atom. The Morgan fingerprint density at radius 2 is 2.26 bits per heavy atom. The maximum Gasteiger partial charge on any atom is 0.160 e. The van der Waals surface area contributed by atoms with Crippen molar-refractivity contribution < 1.29 is 0 Å². The van der Waals surface area contributed by atoms with Crippen molar-refractivity contribution in [1.29, 1.82) is 0 Å². The van der Waals surface area contributed by atoms with E-state index in [0.717, 1.165) is 27.7 Å². The van der Waals surface area contributed by atoms with E-state index in [2.05, 4.69) is 20.3 Å². The van der Waals surface area contributed by atoms with Gasteiger partial charge in [-0.25, -0.2) is 15.0 Å². The molecular formula is C13H13ClN4S. The lowest BCUT2D eigenvalue weighted by atomic mass is 10.4. The smallest absolute Gasteiger partial charge is 0.160 e. The SMILES string of the molecule is Cc1nc(Cn2c(C(C)Cl)nc3cccnc32)cs1. The number of hydrogen-bond acceptors (Lipinski definition) is 4. The van der Waals surface area contributed by atoms with Crippen molar-refractivity contribution in [3.8, 4) is 0 Å². The molecule has 0 N–H and O–H groups in total. The molecule has 0 aromatic carbocycles. The van der Waals surface area contributed by atoms with Crippen LogP contribution in [0.3, 0.4) is 0 Å². The Kier molecular flexibility index (Phi) is 3.24. The van der Waals surface area contributed by atoms with Gasteiger partial charge in [-0.3, -0.25) is 0 Å². The normalized spacial score (nSPS) is 13.0. The second-order valence-electron chi connectivity index (χ2n) is 4.38. The molecule has 98 valence electrons. The first-order chi connectivity index (χ1) is 9.15. The number of alkyl halides is 1. The molecule has 0 aliphatic carbocycles. The van der Waals surface area contributed by atoms with E-state index in [4.69, 9.17) is 11.6 Å². The van der Waals surface area contributed by atoms with Crippen LogP contribution in [0.2, 0.25) is 0 Å². The molecule has 0 aliphatic rings. The Hall–Kier alpha value is -1.46. The van der Waals surface area contributed by atoms with E-state index in [1.54, 1.807) is 17.5 Å². The van der Waals surface area contributed by atoms with E-state index >= 15 is 0 Å². The Labute approximate surface area is 120 Å². The van der Waals surface area contributed by atoms with Crippen molar-refractivity contribution in [1.82, 2.24) is 19.5 Å². The minimum absolute atomic E-state index is 0.158. The molecule has 3 heterocycles. The van der Waals surface area contributed by atoms with E-state index in [9.17, 15) is 0 Å². The Morgan fingerprint density at radius 1 is 1.42 bits per heavy atom. The second-order valence-corrected chi connectivity index (χ2v) is 6.09. The molecule has 0 spiro atoms. The average Bonchev–Trinajstić information content (AvgIpc) is 2.95. The molecule has 0 amide bonds. The largest absolute Gasteiger partial charge is 0.305 e. The zero-order valence-corrected chi connectivity index (χ0v) is 12.2. The summed E-state index contributed by atoms with van der Waals surface area (Å²) in [6, 6.07) is 3.84. The van der Waals surface area contributed by atoms with Crippen LogP contribution in [0, 0.1) is 6.92 Å². The van der Waals surface area contributed by atoms with Crippen LogP contribution in [0.1, 0.15) is 28.8 Å². The van der Waals surface area contributed by atoms with E-state index in [1.165, 1.54) is 0 Å². The third-order valence-corrected chi connectivity index (χ3v) is 3.89. The summed E-state index contributed by atoms with van der Waals surface area (Å²) in [7, 11) is 0. The molecule has 1 atom stereocenters. The Bertz CT molecular complexity index is 716. The number of aromatic nitrogens is 4. The fourth-order valence-electron chi connectivity index (χ4n) is 2.08. The van der Waals surface area contributed by atoms with Crippen molar-refractivity contribution in [3.63, 3.8) is 0 Å². The summed E-state index contributed by atoms with van der Waals surface area (Å²) in [5, 5.41) is 2.97. The molecule has 6 heteroatoms. The molecule has 0 saturated heterocycles. The van der Waals surface area contributed by atoms with Crippen LogP contribution < -0.4 is 0 Å². The van der Waals surface area contributed by atoms with Gasteiger partial charge in [0.25, 0.3) is 0 Å². The molecule has 1 unspecified atom stereocenters. The van der Waals surface area contributed by atoms with Crippen molar-refractivity contribution in [2.24, 2.45) is 0 Å². The fourth-order valence-corrected chi connectivity index (χ4v) is 2.85. The molecule has 0 aliphatic heterocycles. The van der Waals surface area contributed by atoms with Crippen molar-refractivity contribution in [3.05, 3.63) is 40.2 Å². The fraction of sp³-hybridized carbons (Fsp3) is 0.308. The van der Waals surface area contributed by atoms with Crippen molar-refractivity contribution in [2.45, 2.75) is 25.8 Å². The number of imidazole rings is 1. The highest BCUT2D eigenvalue weighted by atomic mass is 35.5. The molecule has 0 radical (unpaired) electrons. The summed E-state index contributed by atoms with van der Waals surface area (Å²) in [4.78, 5) is 13.5. The van der Waals surface area contributed by atoms with Gasteiger partial charge in [0.05, 0.1) is 22.6 Å². The monoisotopic (exact) mass is 292 g/mol. The van der Waals surface area contributed by atoms with E-state index in [-0.39, 0.29) is 5.38 Å². The van der Waals surface area contributed by atoms with Gasteiger partial charge in [0, 0.05) is 11.6 Å². The number of nitrogens with zero attached hydrogens (tertiary/aromatic N) is 4. The van der Waals surface area contributed by atoms with Gasteiger partial charge >= 0.3 is 0 Å². The lowest BCUT2D eigenvalue weighted by molar-refractivity contribution is 0.723. The molecular weight excluding hydrogens is 280 g/mol. The van der Waals surface area contributed by atoms with E-state index in [1.807, 2.05) is 30.5 Å². The molecule has 3 aromatic rings. The Balaban J connectivity index is 2.12. The third kappa shape index (κ3) is 2.35. The highest BCUT2D eigenvalue weighted by Crippen LogP contribution is 2.24. The van der Waals surface area contributed by atoms with Gasteiger partial charge < -0.3 is 4.57 Å². The topological polar surface area (TPSA) is 43.6 Å². The zero-order chi connectivity index (χ0) is 13.4. The maximum absolute atomic E-state index is 6.22. The third-order valence-electron chi connectivity index (χ3n) is 2.88. The summed E-state index contributed by atoms with van der Waals surface area (Å²) >= 11 is 7.87. The van der Waals surface area contributed by atoms with Crippen LogP contribution in [0.25, 0.3) is 11.2 Å². The predicted molar refractivity (Wildman–Crippen MR) is 77.7 cm³/mol. The van der Waals surface area contributed by atoms with E-state index in [0.29, 0.717) is 6.54 Å². The lowest BCUT2D eigenvalue weighted by Gasteiger charge is -2.08. The number of rotatable bonds is 3. The van der Waals surface area contributed by atoms with Gasteiger partial charge in [-0.1, -0.05) is 0 Å². The van der Waals surface area contributed by atoms with Gasteiger partial charge in [-0.05, 0) is 26.0 Å². The van der Waals surface area contributed by atoms with Crippen LogP contribution in [0.15, 0.2) is 23.7 Å². The van der Waals surface area contributed by atoms with Gasteiger partial charge in [-0.2, -0.15) is 0 Å². The van der Waals surface area contributed by atoms with Gasteiger partial charge in [0.15, 0.2) is 5.65 Å². The molecule has 4 nitrogen and oxygen atoms in total. The number of hydrogen-bond donors (Lipinski definition) is 0. The first kappa shape index (κ1) is 12.6. The molecule has 3 aromatic heterocycles. The standard InChI is InChI=1S/C13H13ClN4S/c1-8(14)12-17-11-4-3-5-15-13(11)18(12)6-10-7-19-9(2)16-10/h3-5,7-8H,6H2,1-2H3. The van der Waals surface area contributed by atoms with Crippen LogP contribution >= 0.6 is 22.9 Å². The highest BCUT2D eigenvalue weighted by molar-refractivity contribution is 7.09. The van der Waals surface area contributed by atoms with Crippen LogP contribution in [-0.2, 0) is 6.54 Å². The van der Waals surface area contributed by atoms with E-state index < -0.39 is 0 Å². The molecule has 0 saturated carbocycles. The second kappa shape index (κ2) is 4.90. The number of halogens is 1. The number of fused-ring (bicyclic) bond motifs is 1. The van der Waals surface area contributed by atoms with Crippen LogP contribution in [0.5, 0.6) is 0 Å². The van der Waals surface area contributed by atoms with Crippen LogP contribution in [-0.4, -0.2) is 19.5 Å². The molecule has 0 bridgehead atoms. The van der Waals surface area contributed by atoms with Gasteiger partial charge in [-0.15, -0.1) is 22.9 Å². The molecule has 3 rings (SSSR count). The summed E-state index contributed by atoms with van der Waals surface area (Å²) in [5.74, 6) is 0.834. The maximum atomic E-state index is 6.22. The minimum Gasteiger partial charge on any atom is -0.305 e. The first-order valence-corrected chi connectivity index (χ1v) is 7.33.